The molecule has 0 bridgehead atoms. The van der Waals surface area contributed by atoms with Crippen LogP contribution in [-0.2, 0) is 0 Å². The topological polar surface area (TPSA) is 0 Å². The molecule has 0 radical (unpaired) electrons. The maximum atomic E-state index is 4.66. The average Bonchev–Trinajstić information content (AvgIpc) is 2.58. The van der Waals surface area contributed by atoms with E-state index in [0.717, 1.165) is 11.8 Å². The van der Waals surface area contributed by atoms with Gasteiger partial charge in [0.25, 0.3) is 0 Å². The molecule has 0 nitrogen and oxygen atoms in total. The van der Waals surface area contributed by atoms with Crippen molar-refractivity contribution in [1.29, 1.82) is 0 Å². The van der Waals surface area contributed by atoms with E-state index in [4.69, 9.17) is 0 Å². The second kappa shape index (κ2) is 15.7. The SMILES string of the molecule is C#CC=C.C1CCC(C2CCCCC2)CC1.CCCCC. The fourth-order valence-corrected chi connectivity index (χ4v) is 3.56. The molecule has 0 heteroatoms. The van der Waals surface area contributed by atoms with Crippen LogP contribution in [0.1, 0.15) is 97.3 Å². The van der Waals surface area contributed by atoms with Gasteiger partial charge in [-0.25, -0.2) is 0 Å². The van der Waals surface area contributed by atoms with Crippen molar-refractivity contribution in [3.05, 3.63) is 12.7 Å². The van der Waals surface area contributed by atoms with Crippen molar-refractivity contribution in [2.45, 2.75) is 97.3 Å². The Balaban J connectivity index is 0.000000374. The molecule has 2 saturated carbocycles. The number of hydrogen-bond acceptors (Lipinski definition) is 0. The third-order valence-electron chi connectivity index (χ3n) is 4.79. The van der Waals surface area contributed by atoms with Gasteiger partial charge in [-0.05, 0) is 17.9 Å². The van der Waals surface area contributed by atoms with Crippen LogP contribution in [0.5, 0.6) is 0 Å². The third-order valence-corrected chi connectivity index (χ3v) is 4.79. The van der Waals surface area contributed by atoms with Gasteiger partial charge in [0.2, 0.25) is 0 Å². The molecular weight excluding hydrogens is 252 g/mol. The van der Waals surface area contributed by atoms with Crippen LogP contribution in [0.2, 0.25) is 0 Å². The van der Waals surface area contributed by atoms with E-state index in [-0.39, 0.29) is 0 Å². The van der Waals surface area contributed by atoms with E-state index in [2.05, 4.69) is 32.8 Å². The minimum absolute atomic E-state index is 1.14. The predicted octanol–water partition coefficient (Wildman–Crippen LogP) is 7.15. The van der Waals surface area contributed by atoms with Crippen molar-refractivity contribution in [3.63, 3.8) is 0 Å². The molecule has 0 amide bonds. The lowest BCUT2D eigenvalue weighted by Gasteiger charge is -2.32. The fourth-order valence-electron chi connectivity index (χ4n) is 3.56. The lowest BCUT2D eigenvalue weighted by molar-refractivity contribution is 0.196. The zero-order valence-electron chi connectivity index (χ0n) is 14.7. The van der Waals surface area contributed by atoms with Crippen molar-refractivity contribution in [1.82, 2.24) is 0 Å². The summed E-state index contributed by atoms with van der Waals surface area (Å²) >= 11 is 0. The van der Waals surface area contributed by atoms with Crippen LogP contribution in [0.15, 0.2) is 12.7 Å². The summed E-state index contributed by atoms with van der Waals surface area (Å²) in [6.07, 6.45) is 25.5. The van der Waals surface area contributed by atoms with Crippen molar-refractivity contribution < 1.29 is 0 Å². The Kier molecular flexibility index (Phi) is 15.2. The summed E-state index contributed by atoms with van der Waals surface area (Å²) in [5.74, 6) is 4.47. The number of unbranched alkanes of at least 4 members (excludes halogenated alkanes) is 2. The first kappa shape index (κ1) is 20.3. The summed E-state index contributed by atoms with van der Waals surface area (Å²) in [4.78, 5) is 0. The van der Waals surface area contributed by atoms with E-state index in [9.17, 15) is 0 Å². The van der Waals surface area contributed by atoms with Crippen LogP contribution >= 0.6 is 0 Å². The highest BCUT2D eigenvalue weighted by molar-refractivity contribution is 5.03. The largest absolute Gasteiger partial charge is 0.115 e. The molecule has 2 rings (SSSR count). The highest BCUT2D eigenvalue weighted by Crippen LogP contribution is 2.37. The van der Waals surface area contributed by atoms with Gasteiger partial charge in [0.05, 0.1) is 0 Å². The van der Waals surface area contributed by atoms with Gasteiger partial charge in [0.1, 0.15) is 0 Å². The zero-order chi connectivity index (χ0) is 15.8. The Morgan fingerprint density at radius 3 is 1.38 bits per heavy atom. The van der Waals surface area contributed by atoms with Crippen LogP contribution in [0.4, 0.5) is 0 Å². The lowest BCUT2D eigenvalue weighted by atomic mass is 9.73. The smallest absolute Gasteiger partial charge is 0.0194 e. The molecule has 0 aromatic carbocycles. The van der Waals surface area contributed by atoms with Gasteiger partial charge in [-0.3, -0.25) is 0 Å². The Labute approximate surface area is 134 Å². The highest BCUT2D eigenvalue weighted by Gasteiger charge is 2.24. The summed E-state index contributed by atoms with van der Waals surface area (Å²) in [6, 6.07) is 0. The van der Waals surface area contributed by atoms with Gasteiger partial charge in [-0.1, -0.05) is 110 Å². The molecule has 2 aliphatic rings. The molecule has 0 unspecified atom stereocenters. The molecular formula is C21H38. The average molecular weight is 291 g/mol. The first-order valence-corrected chi connectivity index (χ1v) is 9.37. The maximum absolute atomic E-state index is 4.66. The quantitative estimate of drug-likeness (QED) is 0.484. The Morgan fingerprint density at radius 1 is 0.857 bits per heavy atom. The number of allylic oxidation sites excluding steroid dienone is 1. The van der Waals surface area contributed by atoms with E-state index in [1.807, 2.05) is 0 Å². The first-order valence-electron chi connectivity index (χ1n) is 9.37. The van der Waals surface area contributed by atoms with E-state index < -0.39 is 0 Å². The molecule has 0 saturated heterocycles. The van der Waals surface area contributed by atoms with Crippen molar-refractivity contribution >= 4 is 0 Å². The molecule has 0 heterocycles. The van der Waals surface area contributed by atoms with Crippen LogP contribution < -0.4 is 0 Å². The maximum Gasteiger partial charge on any atom is -0.0194 e. The summed E-state index contributed by atoms with van der Waals surface area (Å²) < 4.78 is 0. The predicted molar refractivity (Wildman–Crippen MR) is 97.4 cm³/mol. The lowest BCUT2D eigenvalue weighted by Crippen LogP contribution is -2.20. The number of hydrogen-bond donors (Lipinski definition) is 0. The molecule has 0 N–H and O–H groups in total. The van der Waals surface area contributed by atoms with Crippen molar-refractivity contribution in [3.8, 4) is 12.3 Å². The third kappa shape index (κ3) is 11.6. The van der Waals surface area contributed by atoms with Crippen molar-refractivity contribution in [2.75, 3.05) is 0 Å². The molecule has 0 spiro atoms. The zero-order valence-corrected chi connectivity index (χ0v) is 14.7. The molecule has 122 valence electrons. The van der Waals surface area contributed by atoms with Gasteiger partial charge >= 0.3 is 0 Å². The van der Waals surface area contributed by atoms with Crippen LogP contribution in [0, 0.1) is 24.2 Å². The van der Waals surface area contributed by atoms with Crippen LogP contribution in [-0.4, -0.2) is 0 Å². The normalized spacial score (nSPS) is 19.3. The van der Waals surface area contributed by atoms with E-state index in [1.54, 1.807) is 25.7 Å². The number of rotatable bonds is 3. The second-order valence-corrected chi connectivity index (χ2v) is 6.52. The Morgan fingerprint density at radius 2 is 1.19 bits per heavy atom. The van der Waals surface area contributed by atoms with Gasteiger partial charge in [-0.15, -0.1) is 6.42 Å². The monoisotopic (exact) mass is 290 g/mol. The highest BCUT2D eigenvalue weighted by atomic mass is 14.3. The van der Waals surface area contributed by atoms with Gasteiger partial charge in [0, 0.05) is 0 Å². The van der Waals surface area contributed by atoms with Gasteiger partial charge in [-0.2, -0.15) is 0 Å². The molecule has 0 atom stereocenters. The molecule has 0 aromatic rings. The fraction of sp³-hybridized carbons (Fsp3) is 0.810. The summed E-state index contributed by atoms with van der Waals surface area (Å²) in [5, 5.41) is 0. The van der Waals surface area contributed by atoms with E-state index in [1.165, 1.54) is 63.9 Å². The van der Waals surface area contributed by atoms with Crippen LogP contribution in [0.3, 0.4) is 0 Å². The van der Waals surface area contributed by atoms with E-state index >= 15 is 0 Å². The Hall–Kier alpha value is -0.700. The molecule has 0 aliphatic heterocycles. The van der Waals surface area contributed by atoms with Crippen LogP contribution in [0.25, 0.3) is 0 Å². The van der Waals surface area contributed by atoms with Gasteiger partial charge in [0.15, 0.2) is 0 Å². The first-order chi connectivity index (χ1) is 10.3. The Bertz CT molecular complexity index is 228. The summed E-state index contributed by atoms with van der Waals surface area (Å²) in [7, 11) is 0. The minimum atomic E-state index is 1.14. The molecule has 0 aromatic heterocycles. The number of terminal acetylenes is 1. The molecule has 21 heavy (non-hydrogen) atoms. The van der Waals surface area contributed by atoms with E-state index in [0.29, 0.717) is 0 Å². The second-order valence-electron chi connectivity index (χ2n) is 6.52. The van der Waals surface area contributed by atoms with Crippen molar-refractivity contribution in [2.24, 2.45) is 11.8 Å². The summed E-state index contributed by atoms with van der Waals surface area (Å²) in [5.41, 5.74) is 0. The van der Waals surface area contributed by atoms with Gasteiger partial charge < -0.3 is 0 Å². The summed E-state index contributed by atoms with van der Waals surface area (Å²) in [6.45, 7) is 7.67. The molecule has 2 aliphatic carbocycles. The minimum Gasteiger partial charge on any atom is -0.115 e. The standard InChI is InChI=1S/C12H22.C5H12.C4H4/c1-3-7-11(8-4-1)12-9-5-2-6-10-12;1-3-5-4-2;1-3-4-2/h11-12H,1-10H2;3-5H2,1-2H3;1,4H,2H2. The molecule has 2 fully saturated rings.